The molecule has 7 heteroatoms. The van der Waals surface area contributed by atoms with Gasteiger partial charge in [-0.25, -0.2) is 0 Å². The van der Waals surface area contributed by atoms with E-state index in [2.05, 4.69) is 25.7 Å². The summed E-state index contributed by atoms with van der Waals surface area (Å²) < 4.78 is 11.2. The van der Waals surface area contributed by atoms with Gasteiger partial charge in [0, 0.05) is 31.7 Å². The molecule has 4 rings (SSSR count). The molecule has 1 atom stereocenters. The highest BCUT2D eigenvalue weighted by molar-refractivity contribution is 6.46. The van der Waals surface area contributed by atoms with Gasteiger partial charge in [-0.2, -0.15) is 0 Å². The Morgan fingerprint density at radius 1 is 1.05 bits per heavy atom. The van der Waals surface area contributed by atoms with Crippen LogP contribution in [0.1, 0.15) is 68.8 Å². The number of aryl methyl sites for hydroxylation is 1. The number of Topliss-reactive ketones (excluding diaryl/α,β-unsaturated/α-hetero) is 1. The number of hydrogen-bond acceptors (Lipinski definition) is 6. The van der Waals surface area contributed by atoms with Crippen molar-refractivity contribution in [1.29, 1.82) is 0 Å². The van der Waals surface area contributed by atoms with Crippen LogP contribution in [0.5, 0.6) is 5.75 Å². The van der Waals surface area contributed by atoms with Crippen LogP contribution in [-0.2, 0) is 19.7 Å². The first kappa shape index (κ1) is 28.8. The molecule has 1 unspecified atom stereocenters. The van der Waals surface area contributed by atoms with E-state index in [-0.39, 0.29) is 16.7 Å². The molecule has 0 spiro atoms. The Labute approximate surface area is 232 Å². The minimum absolute atomic E-state index is 0.0301. The molecular formula is C32H42N2O5. The van der Waals surface area contributed by atoms with E-state index >= 15 is 0 Å². The van der Waals surface area contributed by atoms with Gasteiger partial charge in [0.15, 0.2) is 0 Å². The van der Waals surface area contributed by atoms with Gasteiger partial charge in [-0.1, -0.05) is 52.0 Å². The number of nitrogens with zero attached hydrogens (tertiary/aromatic N) is 2. The van der Waals surface area contributed by atoms with Crippen LogP contribution in [0.4, 0.5) is 0 Å². The van der Waals surface area contributed by atoms with Crippen molar-refractivity contribution in [1.82, 2.24) is 9.80 Å². The second-order valence-electron chi connectivity index (χ2n) is 11.5. The Morgan fingerprint density at radius 2 is 1.74 bits per heavy atom. The standard InChI is InChI=1S/C32H42N2O5/c1-6-18-39-26-13-10-24(21-22(26)2)29(35)27-28(23-8-11-25(12-9-23)32(3,4)5)34(31(37)30(27)36)15-7-14-33-16-19-38-20-17-33/h8-13,21,28,35H,6-7,14-20H2,1-5H3. The van der Waals surface area contributed by atoms with Crippen LogP contribution in [0, 0.1) is 6.92 Å². The van der Waals surface area contributed by atoms with Crippen LogP contribution >= 0.6 is 0 Å². The highest BCUT2D eigenvalue weighted by Crippen LogP contribution is 2.40. The third-order valence-corrected chi connectivity index (χ3v) is 7.52. The number of carbonyl (C=O) groups is 2. The molecular weight excluding hydrogens is 492 g/mol. The van der Waals surface area contributed by atoms with Gasteiger partial charge in [0.05, 0.1) is 31.4 Å². The summed E-state index contributed by atoms with van der Waals surface area (Å²) in [5.74, 6) is -0.624. The van der Waals surface area contributed by atoms with Crippen molar-refractivity contribution in [2.45, 2.75) is 58.9 Å². The molecule has 2 saturated heterocycles. The topological polar surface area (TPSA) is 79.3 Å². The van der Waals surface area contributed by atoms with Crippen LogP contribution < -0.4 is 4.74 Å². The summed E-state index contributed by atoms with van der Waals surface area (Å²) in [6.07, 6.45) is 1.62. The Bertz CT molecular complexity index is 1210. The summed E-state index contributed by atoms with van der Waals surface area (Å²) >= 11 is 0. The molecule has 0 aliphatic carbocycles. The molecule has 2 aromatic rings. The van der Waals surface area contributed by atoms with Crippen LogP contribution in [0.2, 0.25) is 0 Å². The van der Waals surface area contributed by atoms with Crippen molar-refractivity contribution >= 4 is 17.4 Å². The van der Waals surface area contributed by atoms with Crippen molar-refractivity contribution in [2.75, 3.05) is 46.0 Å². The smallest absolute Gasteiger partial charge is 0.295 e. The summed E-state index contributed by atoms with van der Waals surface area (Å²) in [7, 11) is 0. The number of ketones is 1. The molecule has 0 radical (unpaired) electrons. The van der Waals surface area contributed by atoms with Crippen molar-refractivity contribution in [3.63, 3.8) is 0 Å². The number of morpholine rings is 1. The molecule has 2 aliphatic heterocycles. The molecule has 1 N–H and O–H groups in total. The number of hydrogen-bond donors (Lipinski definition) is 1. The molecule has 2 aromatic carbocycles. The van der Waals surface area contributed by atoms with Gasteiger partial charge in [-0.3, -0.25) is 14.5 Å². The Morgan fingerprint density at radius 3 is 2.36 bits per heavy atom. The van der Waals surface area contributed by atoms with Gasteiger partial charge in [0.25, 0.3) is 11.7 Å². The third kappa shape index (κ3) is 6.53. The molecule has 0 bridgehead atoms. The summed E-state index contributed by atoms with van der Waals surface area (Å²) in [4.78, 5) is 30.7. The van der Waals surface area contributed by atoms with E-state index in [1.54, 1.807) is 11.0 Å². The fraction of sp³-hybridized carbons (Fsp3) is 0.500. The van der Waals surface area contributed by atoms with Gasteiger partial charge in [0.1, 0.15) is 11.5 Å². The van der Waals surface area contributed by atoms with Crippen LogP contribution in [0.25, 0.3) is 5.76 Å². The molecule has 2 aliphatic rings. The predicted octanol–water partition coefficient (Wildman–Crippen LogP) is 5.23. The van der Waals surface area contributed by atoms with Gasteiger partial charge in [-0.15, -0.1) is 0 Å². The zero-order valence-electron chi connectivity index (χ0n) is 24.0. The Kier molecular flexibility index (Phi) is 9.13. The molecule has 0 aromatic heterocycles. The van der Waals surface area contributed by atoms with Gasteiger partial charge in [0.2, 0.25) is 0 Å². The van der Waals surface area contributed by atoms with E-state index < -0.39 is 17.7 Å². The molecule has 2 fully saturated rings. The van der Waals surface area contributed by atoms with Gasteiger partial charge < -0.3 is 19.5 Å². The zero-order valence-corrected chi connectivity index (χ0v) is 24.0. The fourth-order valence-electron chi connectivity index (χ4n) is 5.24. The fourth-order valence-corrected chi connectivity index (χ4v) is 5.24. The van der Waals surface area contributed by atoms with Crippen LogP contribution in [-0.4, -0.2) is 72.6 Å². The quantitative estimate of drug-likeness (QED) is 0.270. The lowest BCUT2D eigenvalue weighted by molar-refractivity contribution is -0.140. The van der Waals surface area contributed by atoms with E-state index in [0.717, 1.165) is 54.9 Å². The minimum Gasteiger partial charge on any atom is -0.507 e. The highest BCUT2D eigenvalue weighted by atomic mass is 16.5. The number of aliphatic hydroxyl groups excluding tert-OH is 1. The summed E-state index contributed by atoms with van der Waals surface area (Å²) in [5, 5.41) is 11.5. The highest BCUT2D eigenvalue weighted by Gasteiger charge is 2.46. The van der Waals surface area contributed by atoms with Gasteiger partial charge in [-0.05, 0) is 60.1 Å². The Balaban J connectivity index is 1.69. The van der Waals surface area contributed by atoms with E-state index in [1.807, 2.05) is 50.2 Å². The second-order valence-corrected chi connectivity index (χ2v) is 11.5. The van der Waals surface area contributed by atoms with Crippen LogP contribution in [0.15, 0.2) is 48.0 Å². The maximum absolute atomic E-state index is 13.4. The molecule has 0 saturated carbocycles. The van der Waals surface area contributed by atoms with E-state index in [9.17, 15) is 14.7 Å². The first-order chi connectivity index (χ1) is 18.6. The van der Waals surface area contributed by atoms with E-state index in [1.165, 1.54) is 0 Å². The molecule has 2 heterocycles. The second kappa shape index (κ2) is 12.3. The first-order valence-electron chi connectivity index (χ1n) is 14.0. The lowest BCUT2D eigenvalue weighted by Crippen LogP contribution is -2.39. The maximum atomic E-state index is 13.4. The molecule has 39 heavy (non-hydrogen) atoms. The van der Waals surface area contributed by atoms with Crippen molar-refractivity contribution < 1.29 is 24.2 Å². The lowest BCUT2D eigenvalue weighted by Gasteiger charge is -2.29. The molecule has 7 nitrogen and oxygen atoms in total. The van der Waals surface area contributed by atoms with Crippen LogP contribution in [0.3, 0.4) is 0 Å². The monoisotopic (exact) mass is 534 g/mol. The minimum atomic E-state index is -0.653. The number of rotatable bonds is 9. The average molecular weight is 535 g/mol. The average Bonchev–Trinajstić information content (AvgIpc) is 3.17. The number of likely N-dealkylation sites (tertiary alicyclic amines) is 1. The number of amides is 1. The lowest BCUT2D eigenvalue weighted by atomic mass is 9.85. The number of carbonyl (C=O) groups excluding carboxylic acids is 2. The van der Waals surface area contributed by atoms with Gasteiger partial charge >= 0.3 is 0 Å². The summed E-state index contributed by atoms with van der Waals surface area (Å²) in [6.45, 7) is 15.4. The predicted molar refractivity (Wildman–Crippen MR) is 153 cm³/mol. The van der Waals surface area contributed by atoms with Crippen molar-refractivity contribution in [3.05, 3.63) is 70.3 Å². The zero-order chi connectivity index (χ0) is 28.2. The summed E-state index contributed by atoms with van der Waals surface area (Å²) in [5.41, 5.74) is 3.44. The third-order valence-electron chi connectivity index (χ3n) is 7.52. The molecule has 210 valence electrons. The van der Waals surface area contributed by atoms with E-state index in [0.29, 0.717) is 31.9 Å². The number of benzene rings is 2. The number of aliphatic hydroxyl groups is 1. The first-order valence-corrected chi connectivity index (χ1v) is 14.0. The molecule has 1 amide bonds. The summed E-state index contributed by atoms with van der Waals surface area (Å²) in [6, 6.07) is 12.8. The maximum Gasteiger partial charge on any atom is 0.295 e. The largest absolute Gasteiger partial charge is 0.507 e. The van der Waals surface area contributed by atoms with Crippen molar-refractivity contribution in [3.8, 4) is 5.75 Å². The Hall–Kier alpha value is -3.16. The SMILES string of the molecule is CCCOc1ccc(C(O)=C2C(=O)C(=O)N(CCCN3CCOCC3)C2c2ccc(C(C)(C)C)cc2)cc1C. The van der Waals surface area contributed by atoms with Crippen molar-refractivity contribution in [2.24, 2.45) is 0 Å². The van der Waals surface area contributed by atoms with E-state index in [4.69, 9.17) is 9.47 Å². The normalized spacial score (nSPS) is 20.0. The number of ether oxygens (including phenoxy) is 2.